The number of nitrogens with zero attached hydrogens (tertiary/aromatic N) is 3. The summed E-state index contributed by atoms with van der Waals surface area (Å²) in [5, 5.41) is 14.5. The summed E-state index contributed by atoms with van der Waals surface area (Å²) in [5.74, 6) is -2.70. The fourth-order valence-electron chi connectivity index (χ4n) is 6.92. The van der Waals surface area contributed by atoms with E-state index in [1.807, 2.05) is 25.1 Å². The lowest BCUT2D eigenvalue weighted by molar-refractivity contribution is -0.385. The Morgan fingerprint density at radius 1 is 1.19 bits per heavy atom. The van der Waals surface area contributed by atoms with Crippen LogP contribution in [0.15, 0.2) is 30.3 Å². The van der Waals surface area contributed by atoms with Crippen LogP contribution in [0.4, 0.5) is 17.1 Å². The smallest absolute Gasteiger partial charge is 0.311 e. The Kier molecular flexibility index (Phi) is 4.79. The molecule has 4 aliphatic rings. The first-order valence-electron chi connectivity index (χ1n) is 12.2. The zero-order chi connectivity index (χ0) is 25.5. The maximum absolute atomic E-state index is 14.2. The molecule has 36 heavy (non-hydrogen) atoms. The average molecular weight is 491 g/mol. The van der Waals surface area contributed by atoms with Crippen molar-refractivity contribution in [1.82, 2.24) is 4.90 Å². The third-order valence-electron chi connectivity index (χ3n) is 8.40. The van der Waals surface area contributed by atoms with Gasteiger partial charge in [-0.25, -0.2) is 4.90 Å². The number of amides is 3. The molecule has 6 rings (SSSR count). The molecule has 4 aliphatic heterocycles. The summed E-state index contributed by atoms with van der Waals surface area (Å²) in [5.41, 5.74) is 1.64. The summed E-state index contributed by atoms with van der Waals surface area (Å²) in [6.45, 7) is 4.29. The summed E-state index contributed by atoms with van der Waals surface area (Å²) in [6, 6.07) is 8.28. The van der Waals surface area contributed by atoms with Crippen molar-refractivity contribution in [2.24, 2.45) is 11.8 Å². The minimum Gasteiger partial charge on any atom is -0.490 e. The summed E-state index contributed by atoms with van der Waals surface area (Å²) >= 11 is 0. The van der Waals surface area contributed by atoms with E-state index >= 15 is 0 Å². The topological polar surface area (TPSA) is 122 Å². The van der Waals surface area contributed by atoms with Gasteiger partial charge in [-0.2, -0.15) is 0 Å². The molecule has 1 N–H and O–H groups in total. The second-order valence-electron chi connectivity index (χ2n) is 9.94. The van der Waals surface area contributed by atoms with E-state index in [9.17, 15) is 24.5 Å². The van der Waals surface area contributed by atoms with Crippen LogP contribution in [-0.2, 0) is 26.3 Å². The van der Waals surface area contributed by atoms with E-state index in [1.165, 1.54) is 19.2 Å². The van der Waals surface area contributed by atoms with Crippen molar-refractivity contribution in [1.29, 1.82) is 0 Å². The number of hydrogen-bond donors (Lipinski definition) is 1. The SMILES string of the molecule is CCc1ccc2c(c1)[C@@]1(C(=O)N2)[C@@H]2C(=O)N(c3cc(OC)c([N+](=O)[O-])cc3C)C(=O)[C@@H]2[C@H]2CCCN21. The van der Waals surface area contributed by atoms with Gasteiger partial charge in [-0.3, -0.25) is 29.4 Å². The van der Waals surface area contributed by atoms with Crippen LogP contribution in [0.25, 0.3) is 0 Å². The molecule has 0 aromatic heterocycles. The highest BCUT2D eigenvalue weighted by molar-refractivity contribution is 6.26. The molecular formula is C26H26N4O6. The average Bonchev–Trinajstić information content (AvgIpc) is 3.57. The third kappa shape index (κ3) is 2.62. The molecule has 3 amide bonds. The number of carbonyl (C=O) groups excluding carboxylic acids is 3. The molecule has 0 bridgehead atoms. The van der Waals surface area contributed by atoms with Crippen LogP contribution in [0.3, 0.4) is 0 Å². The monoisotopic (exact) mass is 490 g/mol. The minimum atomic E-state index is -1.26. The number of aryl methyl sites for hydroxylation is 2. The van der Waals surface area contributed by atoms with Crippen molar-refractivity contribution in [2.45, 2.75) is 44.7 Å². The van der Waals surface area contributed by atoms with Gasteiger partial charge in [0.15, 0.2) is 5.75 Å². The van der Waals surface area contributed by atoms with Crippen molar-refractivity contribution in [3.8, 4) is 5.75 Å². The Morgan fingerprint density at radius 3 is 2.67 bits per heavy atom. The Balaban J connectivity index is 1.54. The van der Waals surface area contributed by atoms with Gasteiger partial charge < -0.3 is 10.1 Å². The number of benzene rings is 2. The zero-order valence-electron chi connectivity index (χ0n) is 20.2. The van der Waals surface area contributed by atoms with Crippen LogP contribution in [0.1, 0.15) is 36.5 Å². The Hall–Kier alpha value is -3.79. The molecule has 4 heterocycles. The quantitative estimate of drug-likeness (QED) is 0.397. The molecule has 3 saturated heterocycles. The number of rotatable bonds is 4. The number of anilines is 2. The molecule has 0 radical (unpaired) electrons. The molecule has 0 aliphatic carbocycles. The first-order chi connectivity index (χ1) is 17.2. The molecule has 10 heteroatoms. The molecule has 10 nitrogen and oxygen atoms in total. The predicted octanol–water partition coefficient (Wildman–Crippen LogP) is 2.91. The highest BCUT2D eigenvalue weighted by Gasteiger charge is 2.74. The van der Waals surface area contributed by atoms with E-state index in [-0.39, 0.29) is 35.0 Å². The molecule has 4 atom stereocenters. The number of imide groups is 1. The number of hydrogen-bond acceptors (Lipinski definition) is 7. The molecule has 2 aromatic rings. The number of nitro groups is 1. The van der Waals surface area contributed by atoms with Crippen LogP contribution in [0.2, 0.25) is 0 Å². The van der Waals surface area contributed by atoms with Gasteiger partial charge in [-0.05, 0) is 49.9 Å². The zero-order valence-corrected chi connectivity index (χ0v) is 20.2. The highest BCUT2D eigenvalue weighted by atomic mass is 16.6. The van der Waals surface area contributed by atoms with Gasteiger partial charge in [-0.15, -0.1) is 0 Å². The van der Waals surface area contributed by atoms with Gasteiger partial charge in [-0.1, -0.05) is 19.1 Å². The van der Waals surface area contributed by atoms with Crippen molar-refractivity contribution in [3.63, 3.8) is 0 Å². The molecule has 1 spiro atoms. The van der Waals surface area contributed by atoms with Crippen LogP contribution >= 0.6 is 0 Å². The number of fused-ring (bicyclic) bond motifs is 7. The van der Waals surface area contributed by atoms with Gasteiger partial charge >= 0.3 is 5.69 Å². The van der Waals surface area contributed by atoms with Gasteiger partial charge in [0.2, 0.25) is 17.7 Å². The van der Waals surface area contributed by atoms with Crippen LogP contribution in [0.5, 0.6) is 5.75 Å². The second-order valence-corrected chi connectivity index (χ2v) is 9.94. The van der Waals surface area contributed by atoms with E-state index < -0.39 is 28.2 Å². The number of nitrogens with one attached hydrogen (secondary N) is 1. The van der Waals surface area contributed by atoms with Crippen molar-refractivity contribution in [3.05, 3.63) is 57.1 Å². The van der Waals surface area contributed by atoms with Crippen molar-refractivity contribution in [2.75, 3.05) is 23.9 Å². The summed E-state index contributed by atoms with van der Waals surface area (Å²) in [4.78, 5) is 56.1. The summed E-state index contributed by atoms with van der Waals surface area (Å²) in [6.07, 6.45) is 2.32. The number of nitro benzene ring substituents is 1. The first-order valence-corrected chi connectivity index (χ1v) is 12.2. The maximum atomic E-state index is 14.2. The lowest BCUT2D eigenvalue weighted by Crippen LogP contribution is -2.54. The normalized spacial score (nSPS) is 28.5. The van der Waals surface area contributed by atoms with Gasteiger partial charge in [0.25, 0.3) is 0 Å². The largest absolute Gasteiger partial charge is 0.490 e. The van der Waals surface area contributed by atoms with E-state index in [2.05, 4.69) is 10.2 Å². The lowest BCUT2D eigenvalue weighted by Gasteiger charge is -2.37. The molecule has 186 valence electrons. The molecular weight excluding hydrogens is 464 g/mol. The van der Waals surface area contributed by atoms with Crippen molar-refractivity contribution < 1.29 is 24.0 Å². The van der Waals surface area contributed by atoms with Gasteiger partial charge in [0, 0.05) is 29.4 Å². The maximum Gasteiger partial charge on any atom is 0.311 e. The van der Waals surface area contributed by atoms with Crippen molar-refractivity contribution >= 4 is 34.8 Å². The fraction of sp³-hybridized carbons (Fsp3) is 0.423. The van der Waals surface area contributed by atoms with Crippen LogP contribution in [0, 0.1) is 28.9 Å². The number of methoxy groups -OCH3 is 1. The van der Waals surface area contributed by atoms with Gasteiger partial charge in [0.05, 0.1) is 29.6 Å². The van der Waals surface area contributed by atoms with E-state index in [0.29, 0.717) is 24.2 Å². The highest BCUT2D eigenvalue weighted by Crippen LogP contribution is 2.61. The summed E-state index contributed by atoms with van der Waals surface area (Å²) in [7, 11) is 1.31. The molecule has 3 fully saturated rings. The van der Waals surface area contributed by atoms with Crippen LogP contribution < -0.4 is 15.0 Å². The van der Waals surface area contributed by atoms with E-state index in [1.54, 1.807) is 6.92 Å². The second kappa shape index (κ2) is 7.60. The molecule has 0 unspecified atom stereocenters. The molecule has 2 aromatic carbocycles. The first kappa shape index (κ1) is 22.7. The number of carbonyl (C=O) groups is 3. The van der Waals surface area contributed by atoms with E-state index in [4.69, 9.17) is 4.74 Å². The van der Waals surface area contributed by atoms with Gasteiger partial charge in [0.1, 0.15) is 5.54 Å². The third-order valence-corrected chi connectivity index (χ3v) is 8.40. The Labute approximate surface area is 207 Å². The lowest BCUT2D eigenvalue weighted by atomic mass is 9.75. The predicted molar refractivity (Wildman–Crippen MR) is 130 cm³/mol. The minimum absolute atomic E-state index is 0.0352. The van der Waals surface area contributed by atoms with Crippen LogP contribution in [-0.4, -0.2) is 47.2 Å². The summed E-state index contributed by atoms with van der Waals surface area (Å²) < 4.78 is 5.21. The number of ether oxygens (including phenoxy) is 1. The fourth-order valence-corrected chi connectivity index (χ4v) is 6.92. The van der Waals surface area contributed by atoms with E-state index in [0.717, 1.165) is 28.9 Å². The Bertz CT molecular complexity index is 1370. The Morgan fingerprint density at radius 2 is 1.97 bits per heavy atom. The molecule has 0 saturated carbocycles. The standard InChI is InChI=1S/C26H26N4O6/c1-4-14-7-8-16-15(11-14)26(25(33)27-16)22-21(17-6-5-9-28(17)26)23(31)29(24(22)32)18-12-20(36-3)19(30(34)35)10-13(18)2/h7-8,10-12,17,21-22H,4-6,9H2,1-3H3,(H,27,33)/t17-,21-,22+,26+/m1/s1.